The van der Waals surface area contributed by atoms with Gasteiger partial charge in [-0.25, -0.2) is 0 Å². The lowest BCUT2D eigenvalue weighted by Gasteiger charge is -2.04. The number of halogens is 1. The van der Waals surface area contributed by atoms with Crippen LogP contribution in [-0.4, -0.2) is 9.78 Å². The highest BCUT2D eigenvalue weighted by Crippen LogP contribution is 2.39. The van der Waals surface area contributed by atoms with E-state index in [-0.39, 0.29) is 0 Å². The topological polar surface area (TPSA) is 43.8 Å². The summed E-state index contributed by atoms with van der Waals surface area (Å²) in [5.74, 6) is 0.686. The minimum atomic E-state index is 0.686. The van der Waals surface area contributed by atoms with Crippen molar-refractivity contribution in [3.05, 3.63) is 45.7 Å². The molecule has 2 heterocycles. The maximum Gasteiger partial charge on any atom is 0.129 e. The van der Waals surface area contributed by atoms with E-state index < -0.39 is 0 Å². The molecule has 0 spiro atoms. The van der Waals surface area contributed by atoms with Crippen molar-refractivity contribution in [3.8, 4) is 21.7 Å². The molecule has 2 N–H and O–H groups in total. The number of benzene rings is 1. The van der Waals surface area contributed by atoms with E-state index in [1.165, 1.54) is 10.4 Å². The van der Waals surface area contributed by atoms with Crippen LogP contribution >= 0.6 is 27.3 Å². The predicted octanol–water partition coefficient (Wildman–Crippen LogP) is 4.47. The molecule has 1 aromatic carbocycles. The van der Waals surface area contributed by atoms with E-state index in [0.717, 1.165) is 21.3 Å². The first-order valence-corrected chi connectivity index (χ1v) is 7.88. The summed E-state index contributed by atoms with van der Waals surface area (Å²) < 4.78 is 2.78. The molecule has 0 fully saturated rings. The normalized spacial score (nSPS) is 10.9. The number of hydrogen-bond acceptors (Lipinski definition) is 3. The summed E-state index contributed by atoms with van der Waals surface area (Å²) in [7, 11) is 1.88. The maximum absolute atomic E-state index is 6.23. The van der Waals surface area contributed by atoms with E-state index in [1.807, 2.05) is 19.2 Å². The lowest BCUT2D eigenvalue weighted by Crippen LogP contribution is -1.97. The predicted molar refractivity (Wildman–Crippen MR) is 88.8 cm³/mol. The van der Waals surface area contributed by atoms with Gasteiger partial charge in [0.1, 0.15) is 11.5 Å². The molecule has 0 amide bonds. The fourth-order valence-electron chi connectivity index (χ4n) is 2.24. The standard InChI is InChI=1S/C15H14BrN3S/c1-9-6-7-20-14(9)13-12(15(17)19(2)18-13)10-4-3-5-11(16)8-10/h3-8H,17H2,1-2H3. The van der Waals surface area contributed by atoms with Crippen molar-refractivity contribution in [2.75, 3.05) is 5.73 Å². The Morgan fingerprint density at radius 1 is 1.30 bits per heavy atom. The zero-order chi connectivity index (χ0) is 14.3. The van der Waals surface area contributed by atoms with Crippen LogP contribution in [0.4, 0.5) is 5.82 Å². The maximum atomic E-state index is 6.23. The fourth-order valence-corrected chi connectivity index (χ4v) is 3.56. The van der Waals surface area contributed by atoms with Crippen molar-refractivity contribution in [2.24, 2.45) is 7.05 Å². The molecule has 0 aliphatic rings. The van der Waals surface area contributed by atoms with Gasteiger partial charge < -0.3 is 5.73 Å². The van der Waals surface area contributed by atoms with Crippen molar-refractivity contribution in [3.63, 3.8) is 0 Å². The van der Waals surface area contributed by atoms with E-state index in [4.69, 9.17) is 5.73 Å². The lowest BCUT2D eigenvalue weighted by atomic mass is 10.0. The fraction of sp³-hybridized carbons (Fsp3) is 0.133. The van der Waals surface area contributed by atoms with Gasteiger partial charge in [0.25, 0.3) is 0 Å². The Bertz CT molecular complexity index is 773. The molecule has 102 valence electrons. The zero-order valence-corrected chi connectivity index (χ0v) is 13.6. The van der Waals surface area contributed by atoms with Gasteiger partial charge in [0.2, 0.25) is 0 Å². The molecule has 2 aromatic heterocycles. The van der Waals surface area contributed by atoms with Crippen LogP contribution in [0.1, 0.15) is 5.56 Å². The first-order valence-electron chi connectivity index (χ1n) is 6.21. The number of hydrogen-bond donors (Lipinski definition) is 1. The molecule has 0 unspecified atom stereocenters. The zero-order valence-electron chi connectivity index (χ0n) is 11.2. The van der Waals surface area contributed by atoms with Gasteiger partial charge >= 0.3 is 0 Å². The summed E-state index contributed by atoms with van der Waals surface area (Å²) in [5.41, 5.74) is 10.5. The molecule has 0 radical (unpaired) electrons. The summed E-state index contributed by atoms with van der Waals surface area (Å²) >= 11 is 5.21. The molecule has 3 nitrogen and oxygen atoms in total. The third-order valence-corrected chi connectivity index (χ3v) is 4.80. The molecule has 0 saturated carbocycles. The third kappa shape index (κ3) is 2.17. The van der Waals surface area contributed by atoms with E-state index in [1.54, 1.807) is 16.0 Å². The molecule has 0 atom stereocenters. The van der Waals surface area contributed by atoms with Crippen LogP contribution in [0.5, 0.6) is 0 Å². The Morgan fingerprint density at radius 2 is 2.10 bits per heavy atom. The molecule has 5 heteroatoms. The average molecular weight is 348 g/mol. The van der Waals surface area contributed by atoms with Gasteiger partial charge in [0, 0.05) is 11.5 Å². The highest BCUT2D eigenvalue weighted by molar-refractivity contribution is 9.10. The van der Waals surface area contributed by atoms with Crippen LogP contribution in [0.15, 0.2) is 40.2 Å². The number of nitrogens with two attached hydrogens (primary N) is 1. The molecule has 3 rings (SSSR count). The van der Waals surface area contributed by atoms with Gasteiger partial charge in [0.05, 0.1) is 10.4 Å². The molecule has 20 heavy (non-hydrogen) atoms. The number of nitrogen functional groups attached to an aromatic ring is 1. The Labute approximate surface area is 130 Å². The van der Waals surface area contributed by atoms with Crippen LogP contribution in [0.25, 0.3) is 21.7 Å². The van der Waals surface area contributed by atoms with Gasteiger partial charge in [-0.2, -0.15) is 5.10 Å². The van der Waals surface area contributed by atoms with Crippen LogP contribution in [-0.2, 0) is 7.05 Å². The first kappa shape index (κ1) is 13.4. The molecule has 0 aliphatic heterocycles. The van der Waals surface area contributed by atoms with E-state index >= 15 is 0 Å². The first-order chi connectivity index (χ1) is 9.58. The van der Waals surface area contributed by atoms with Crippen LogP contribution in [0.3, 0.4) is 0 Å². The van der Waals surface area contributed by atoms with Crippen molar-refractivity contribution < 1.29 is 0 Å². The summed E-state index contributed by atoms with van der Waals surface area (Å²) in [6, 6.07) is 10.3. The molecule has 3 aromatic rings. The summed E-state index contributed by atoms with van der Waals surface area (Å²) in [6.45, 7) is 2.10. The van der Waals surface area contributed by atoms with E-state index in [0.29, 0.717) is 5.82 Å². The minimum absolute atomic E-state index is 0.686. The second kappa shape index (κ2) is 5.07. The minimum Gasteiger partial charge on any atom is -0.383 e. The largest absolute Gasteiger partial charge is 0.383 e. The Hall–Kier alpha value is -1.59. The Morgan fingerprint density at radius 3 is 2.75 bits per heavy atom. The second-order valence-electron chi connectivity index (χ2n) is 4.68. The summed E-state index contributed by atoms with van der Waals surface area (Å²) in [4.78, 5) is 1.17. The average Bonchev–Trinajstić information content (AvgIpc) is 2.94. The lowest BCUT2D eigenvalue weighted by molar-refractivity contribution is 0.783. The second-order valence-corrected chi connectivity index (χ2v) is 6.51. The van der Waals surface area contributed by atoms with Crippen LogP contribution < -0.4 is 5.73 Å². The third-order valence-electron chi connectivity index (χ3n) is 3.28. The molecule has 0 saturated heterocycles. The molecular weight excluding hydrogens is 334 g/mol. The quantitative estimate of drug-likeness (QED) is 0.743. The molecule has 0 aliphatic carbocycles. The van der Waals surface area contributed by atoms with Crippen LogP contribution in [0.2, 0.25) is 0 Å². The van der Waals surface area contributed by atoms with Crippen LogP contribution in [0, 0.1) is 6.92 Å². The van der Waals surface area contributed by atoms with Gasteiger partial charge in [-0.15, -0.1) is 11.3 Å². The van der Waals surface area contributed by atoms with Crippen molar-refractivity contribution in [1.29, 1.82) is 0 Å². The number of anilines is 1. The van der Waals surface area contributed by atoms with Crippen molar-refractivity contribution in [1.82, 2.24) is 9.78 Å². The smallest absolute Gasteiger partial charge is 0.129 e. The Kier molecular flexibility index (Phi) is 3.40. The highest BCUT2D eigenvalue weighted by atomic mass is 79.9. The number of rotatable bonds is 2. The van der Waals surface area contributed by atoms with Crippen molar-refractivity contribution >= 4 is 33.1 Å². The SMILES string of the molecule is Cc1ccsc1-c1nn(C)c(N)c1-c1cccc(Br)c1. The monoisotopic (exact) mass is 347 g/mol. The van der Waals surface area contributed by atoms with Gasteiger partial charge in [0.15, 0.2) is 0 Å². The summed E-state index contributed by atoms with van der Waals surface area (Å²) in [5, 5.41) is 6.69. The van der Waals surface area contributed by atoms with Crippen molar-refractivity contribution in [2.45, 2.75) is 6.92 Å². The number of aromatic nitrogens is 2. The Balaban J connectivity index is 2.28. The van der Waals surface area contributed by atoms with Gasteiger partial charge in [-0.3, -0.25) is 4.68 Å². The highest BCUT2D eigenvalue weighted by Gasteiger charge is 2.19. The van der Waals surface area contributed by atoms with E-state index in [2.05, 4.69) is 51.5 Å². The molecule has 0 bridgehead atoms. The van der Waals surface area contributed by atoms with Gasteiger partial charge in [-0.1, -0.05) is 28.1 Å². The van der Waals surface area contributed by atoms with E-state index in [9.17, 15) is 0 Å². The number of thiophene rings is 1. The summed E-state index contributed by atoms with van der Waals surface area (Å²) in [6.07, 6.45) is 0. The van der Waals surface area contributed by atoms with Gasteiger partial charge in [-0.05, 0) is 41.6 Å². The molecular formula is C15H14BrN3S. The number of aryl methyl sites for hydroxylation is 2. The number of nitrogens with zero attached hydrogens (tertiary/aromatic N) is 2.